The van der Waals surface area contributed by atoms with Crippen LogP contribution in [0.25, 0.3) is 0 Å². The Hall–Kier alpha value is -2.69. The van der Waals surface area contributed by atoms with E-state index in [1.54, 1.807) is 7.11 Å². The zero-order valence-electron chi connectivity index (χ0n) is 15.3. The minimum absolute atomic E-state index is 0.0751. The first-order valence-electron chi connectivity index (χ1n) is 9.07. The summed E-state index contributed by atoms with van der Waals surface area (Å²) in [4.78, 5) is 17.1. The highest BCUT2D eigenvalue weighted by Gasteiger charge is 2.32. The standard InChI is InChI=1S/C21H24N2O3/c1-22-14-20(26-19-6-4-3-5-18(19)22)21(24)23-11-9-15-7-8-17(25-2)13-16(15)10-12-23/h3-8,13,20H,9-12,14H2,1-2H3/t20-/m1/s1. The first kappa shape index (κ1) is 16.8. The van der Waals surface area contributed by atoms with Gasteiger partial charge in [-0.3, -0.25) is 4.79 Å². The molecule has 136 valence electrons. The number of rotatable bonds is 2. The average Bonchev–Trinajstić information content (AvgIpc) is 2.89. The Bertz CT molecular complexity index is 821. The SMILES string of the molecule is COc1ccc2c(c1)CCN(C(=O)[C@H]1CN(C)c3ccccc3O1)CC2. The van der Waals surface area contributed by atoms with E-state index < -0.39 is 6.10 Å². The number of carbonyl (C=O) groups excluding carboxylic acids is 1. The Morgan fingerprint density at radius 3 is 2.69 bits per heavy atom. The van der Waals surface area contributed by atoms with Crippen molar-refractivity contribution in [3.8, 4) is 11.5 Å². The Labute approximate surface area is 154 Å². The summed E-state index contributed by atoms with van der Waals surface area (Å²) in [5.41, 5.74) is 3.60. The molecule has 0 spiro atoms. The molecule has 1 amide bonds. The summed E-state index contributed by atoms with van der Waals surface area (Å²) in [6, 6.07) is 14.1. The second kappa shape index (κ2) is 6.90. The minimum Gasteiger partial charge on any atom is -0.497 e. The van der Waals surface area contributed by atoms with Crippen molar-refractivity contribution >= 4 is 11.6 Å². The average molecular weight is 352 g/mol. The molecule has 0 saturated heterocycles. The molecule has 1 atom stereocenters. The van der Waals surface area contributed by atoms with Crippen molar-refractivity contribution in [1.29, 1.82) is 0 Å². The first-order chi connectivity index (χ1) is 12.7. The fraction of sp³-hybridized carbons (Fsp3) is 0.381. The lowest BCUT2D eigenvalue weighted by Crippen LogP contribution is -2.50. The second-order valence-corrected chi connectivity index (χ2v) is 6.91. The van der Waals surface area contributed by atoms with Gasteiger partial charge in [0.05, 0.1) is 19.3 Å². The highest BCUT2D eigenvalue weighted by atomic mass is 16.5. The second-order valence-electron chi connectivity index (χ2n) is 6.91. The number of hydrogen-bond donors (Lipinski definition) is 0. The van der Waals surface area contributed by atoms with Crippen LogP contribution in [-0.2, 0) is 17.6 Å². The molecule has 26 heavy (non-hydrogen) atoms. The van der Waals surface area contributed by atoms with E-state index in [0.29, 0.717) is 13.1 Å². The van der Waals surface area contributed by atoms with Crippen LogP contribution in [0.1, 0.15) is 11.1 Å². The Morgan fingerprint density at radius 1 is 1.12 bits per heavy atom. The van der Waals surface area contributed by atoms with Gasteiger partial charge in [0.1, 0.15) is 11.5 Å². The molecule has 0 N–H and O–H groups in total. The molecule has 0 radical (unpaired) electrons. The monoisotopic (exact) mass is 352 g/mol. The maximum absolute atomic E-state index is 13.1. The number of anilines is 1. The van der Waals surface area contributed by atoms with E-state index in [1.165, 1.54) is 11.1 Å². The van der Waals surface area contributed by atoms with Gasteiger partial charge in [-0.25, -0.2) is 0 Å². The molecule has 2 aliphatic heterocycles. The Balaban J connectivity index is 1.48. The summed E-state index contributed by atoms with van der Waals surface area (Å²) in [7, 11) is 3.69. The van der Waals surface area contributed by atoms with Crippen molar-refractivity contribution in [2.24, 2.45) is 0 Å². The van der Waals surface area contributed by atoms with E-state index in [0.717, 1.165) is 36.6 Å². The lowest BCUT2D eigenvalue weighted by Gasteiger charge is -2.35. The van der Waals surface area contributed by atoms with E-state index in [4.69, 9.17) is 9.47 Å². The zero-order chi connectivity index (χ0) is 18.1. The number of nitrogens with zero attached hydrogens (tertiary/aromatic N) is 2. The maximum atomic E-state index is 13.1. The van der Waals surface area contributed by atoms with Crippen LogP contribution >= 0.6 is 0 Å². The van der Waals surface area contributed by atoms with Crippen LogP contribution in [0.4, 0.5) is 5.69 Å². The van der Waals surface area contributed by atoms with Crippen LogP contribution in [0.2, 0.25) is 0 Å². The molecule has 5 nitrogen and oxygen atoms in total. The Morgan fingerprint density at radius 2 is 1.88 bits per heavy atom. The predicted octanol–water partition coefficient (Wildman–Crippen LogP) is 2.52. The molecule has 2 aliphatic rings. The largest absolute Gasteiger partial charge is 0.497 e. The number of amides is 1. The molecular formula is C21H24N2O3. The zero-order valence-corrected chi connectivity index (χ0v) is 15.3. The van der Waals surface area contributed by atoms with Crippen molar-refractivity contribution in [2.45, 2.75) is 18.9 Å². The van der Waals surface area contributed by atoms with Crippen LogP contribution in [0, 0.1) is 0 Å². The summed E-state index contributed by atoms with van der Waals surface area (Å²) in [6.07, 6.45) is 1.26. The lowest BCUT2D eigenvalue weighted by atomic mass is 10.0. The minimum atomic E-state index is -0.453. The van der Waals surface area contributed by atoms with Gasteiger partial charge < -0.3 is 19.3 Å². The number of hydrogen-bond acceptors (Lipinski definition) is 4. The number of para-hydroxylation sites is 2. The first-order valence-corrected chi connectivity index (χ1v) is 9.07. The third kappa shape index (κ3) is 3.09. The Kier molecular flexibility index (Phi) is 4.45. The number of benzene rings is 2. The molecule has 5 heteroatoms. The fourth-order valence-corrected chi connectivity index (χ4v) is 3.79. The molecule has 0 bridgehead atoms. The van der Waals surface area contributed by atoms with Crippen molar-refractivity contribution in [1.82, 2.24) is 4.90 Å². The van der Waals surface area contributed by atoms with Gasteiger partial charge in [-0.2, -0.15) is 0 Å². The van der Waals surface area contributed by atoms with Crippen LogP contribution < -0.4 is 14.4 Å². The van der Waals surface area contributed by atoms with E-state index in [2.05, 4.69) is 17.0 Å². The van der Waals surface area contributed by atoms with Gasteiger partial charge in [0.15, 0.2) is 6.10 Å². The van der Waals surface area contributed by atoms with Crippen LogP contribution in [-0.4, -0.2) is 50.7 Å². The normalized spacial score (nSPS) is 19.1. The number of methoxy groups -OCH3 is 1. The molecule has 2 heterocycles. The summed E-state index contributed by atoms with van der Waals surface area (Å²) >= 11 is 0. The summed E-state index contributed by atoms with van der Waals surface area (Å²) in [5.74, 6) is 1.73. The molecule has 0 aromatic heterocycles. The number of likely N-dealkylation sites (N-methyl/N-ethyl adjacent to an activating group) is 1. The number of carbonyl (C=O) groups is 1. The van der Waals surface area contributed by atoms with E-state index in [1.807, 2.05) is 42.3 Å². The lowest BCUT2D eigenvalue weighted by molar-refractivity contribution is -0.138. The predicted molar refractivity (Wildman–Crippen MR) is 101 cm³/mol. The molecule has 2 aromatic rings. The van der Waals surface area contributed by atoms with Crippen LogP contribution in [0.3, 0.4) is 0 Å². The van der Waals surface area contributed by atoms with E-state index >= 15 is 0 Å². The third-order valence-electron chi connectivity index (χ3n) is 5.29. The van der Waals surface area contributed by atoms with Gasteiger partial charge in [0, 0.05) is 20.1 Å². The molecule has 0 aliphatic carbocycles. The van der Waals surface area contributed by atoms with Crippen molar-refractivity contribution in [2.75, 3.05) is 38.7 Å². The summed E-state index contributed by atoms with van der Waals surface area (Å²) < 4.78 is 11.3. The van der Waals surface area contributed by atoms with Gasteiger partial charge in [-0.05, 0) is 48.2 Å². The molecule has 2 aromatic carbocycles. The third-order valence-corrected chi connectivity index (χ3v) is 5.29. The molecule has 0 unspecified atom stereocenters. The van der Waals surface area contributed by atoms with Crippen LogP contribution in [0.5, 0.6) is 11.5 Å². The summed E-state index contributed by atoms with van der Waals surface area (Å²) in [5, 5.41) is 0. The van der Waals surface area contributed by atoms with Gasteiger partial charge in [-0.15, -0.1) is 0 Å². The van der Waals surface area contributed by atoms with E-state index in [9.17, 15) is 4.79 Å². The molecule has 4 rings (SSSR count). The quantitative estimate of drug-likeness (QED) is 0.833. The van der Waals surface area contributed by atoms with Crippen molar-refractivity contribution in [3.05, 3.63) is 53.6 Å². The fourth-order valence-electron chi connectivity index (χ4n) is 3.79. The van der Waals surface area contributed by atoms with Crippen LogP contribution in [0.15, 0.2) is 42.5 Å². The van der Waals surface area contributed by atoms with Gasteiger partial charge in [0.2, 0.25) is 0 Å². The van der Waals surface area contributed by atoms with E-state index in [-0.39, 0.29) is 5.91 Å². The smallest absolute Gasteiger partial charge is 0.265 e. The van der Waals surface area contributed by atoms with Crippen molar-refractivity contribution in [3.63, 3.8) is 0 Å². The van der Waals surface area contributed by atoms with Gasteiger partial charge >= 0.3 is 0 Å². The number of fused-ring (bicyclic) bond motifs is 2. The highest BCUT2D eigenvalue weighted by molar-refractivity contribution is 5.83. The van der Waals surface area contributed by atoms with Crippen molar-refractivity contribution < 1.29 is 14.3 Å². The summed E-state index contributed by atoms with van der Waals surface area (Å²) in [6.45, 7) is 2.01. The van der Waals surface area contributed by atoms with Gasteiger partial charge in [0.25, 0.3) is 5.91 Å². The van der Waals surface area contributed by atoms with Gasteiger partial charge in [-0.1, -0.05) is 18.2 Å². The molecule has 0 saturated carbocycles. The molecular weight excluding hydrogens is 328 g/mol. The highest BCUT2D eigenvalue weighted by Crippen LogP contribution is 2.32. The topological polar surface area (TPSA) is 42.0 Å². The maximum Gasteiger partial charge on any atom is 0.265 e. The number of ether oxygens (including phenoxy) is 2. The molecule has 0 fully saturated rings.